The van der Waals surface area contributed by atoms with E-state index in [1.54, 1.807) is 0 Å². The van der Waals surface area contributed by atoms with Gasteiger partial charge in [-0.2, -0.15) is 0 Å². The lowest BCUT2D eigenvalue weighted by Gasteiger charge is -2.06. The zero-order valence-electron chi connectivity index (χ0n) is 12.9. The SMILES string of the molecule is C=N/C(=C\C=C/C)c1cc[n+](C)c(-c2ccccc2C)c1. The minimum atomic E-state index is 0.878. The van der Waals surface area contributed by atoms with E-state index in [0.717, 1.165) is 11.3 Å². The van der Waals surface area contributed by atoms with Crippen molar-refractivity contribution in [3.8, 4) is 11.3 Å². The van der Waals surface area contributed by atoms with Gasteiger partial charge < -0.3 is 0 Å². The average Bonchev–Trinajstić information content (AvgIpc) is 2.50. The first-order chi connectivity index (χ1) is 10.2. The Bertz CT molecular complexity index is 709. The topological polar surface area (TPSA) is 16.2 Å². The molecule has 0 saturated heterocycles. The molecule has 1 heterocycles. The fraction of sp³-hybridized carbons (Fsp3) is 0.158. The normalized spacial score (nSPS) is 11.9. The van der Waals surface area contributed by atoms with Crippen LogP contribution in [0.25, 0.3) is 17.0 Å². The molecule has 0 amide bonds. The second-order valence-electron chi connectivity index (χ2n) is 4.96. The quantitative estimate of drug-likeness (QED) is 0.454. The third-order valence-corrected chi connectivity index (χ3v) is 3.48. The monoisotopic (exact) mass is 277 g/mol. The molecule has 0 aliphatic heterocycles. The van der Waals surface area contributed by atoms with Gasteiger partial charge in [-0.05, 0) is 38.3 Å². The van der Waals surface area contributed by atoms with Gasteiger partial charge in [0, 0.05) is 23.3 Å². The van der Waals surface area contributed by atoms with Crippen LogP contribution in [0.4, 0.5) is 0 Å². The van der Waals surface area contributed by atoms with Crippen molar-refractivity contribution in [3.05, 3.63) is 72.0 Å². The molecule has 0 fully saturated rings. The number of pyridine rings is 1. The summed E-state index contributed by atoms with van der Waals surface area (Å²) in [6.07, 6.45) is 8.00. The first-order valence-electron chi connectivity index (χ1n) is 7.03. The lowest BCUT2D eigenvalue weighted by atomic mass is 10.0. The zero-order chi connectivity index (χ0) is 15.2. The number of hydrogen-bond acceptors (Lipinski definition) is 1. The molecule has 1 aromatic carbocycles. The van der Waals surface area contributed by atoms with Gasteiger partial charge in [0.25, 0.3) is 0 Å². The van der Waals surface area contributed by atoms with E-state index in [4.69, 9.17) is 0 Å². The lowest BCUT2D eigenvalue weighted by Crippen LogP contribution is -2.30. The molecule has 106 valence electrons. The number of aliphatic imine (C=N–C) groups is 1. The Morgan fingerprint density at radius 1 is 1.24 bits per heavy atom. The van der Waals surface area contributed by atoms with Crippen molar-refractivity contribution in [3.63, 3.8) is 0 Å². The third-order valence-electron chi connectivity index (χ3n) is 3.48. The Hall–Kier alpha value is -2.48. The van der Waals surface area contributed by atoms with Crippen molar-refractivity contribution in [2.24, 2.45) is 12.0 Å². The lowest BCUT2D eigenvalue weighted by molar-refractivity contribution is -0.660. The largest absolute Gasteiger partial charge is 0.264 e. The maximum atomic E-state index is 4.13. The summed E-state index contributed by atoms with van der Waals surface area (Å²) < 4.78 is 2.13. The van der Waals surface area contributed by atoms with Gasteiger partial charge in [0.05, 0.1) is 5.70 Å². The number of nitrogens with zero attached hydrogens (tertiary/aromatic N) is 2. The highest BCUT2D eigenvalue weighted by Gasteiger charge is 2.13. The summed E-state index contributed by atoms with van der Waals surface area (Å²) in [6, 6.07) is 12.6. The molecular weight excluding hydrogens is 256 g/mol. The summed E-state index contributed by atoms with van der Waals surface area (Å²) in [5.74, 6) is 0. The van der Waals surface area contributed by atoms with E-state index in [0.29, 0.717) is 0 Å². The van der Waals surface area contributed by atoms with Crippen molar-refractivity contribution >= 4 is 12.4 Å². The van der Waals surface area contributed by atoms with Crippen LogP contribution in [-0.2, 0) is 7.05 Å². The van der Waals surface area contributed by atoms with Crippen molar-refractivity contribution in [2.45, 2.75) is 13.8 Å². The van der Waals surface area contributed by atoms with Gasteiger partial charge >= 0.3 is 0 Å². The Labute approximate surface area is 126 Å². The molecule has 0 atom stereocenters. The molecule has 0 aliphatic rings. The van der Waals surface area contributed by atoms with Crippen LogP contribution in [0, 0.1) is 6.92 Å². The van der Waals surface area contributed by atoms with Crippen LogP contribution in [0.2, 0.25) is 0 Å². The molecule has 0 bridgehead atoms. The number of hydrogen-bond donors (Lipinski definition) is 0. The minimum absolute atomic E-state index is 0.878. The van der Waals surface area contributed by atoms with Gasteiger partial charge in [0.1, 0.15) is 7.05 Å². The van der Waals surface area contributed by atoms with Crippen molar-refractivity contribution in [1.29, 1.82) is 0 Å². The molecule has 2 aromatic rings. The fourth-order valence-electron chi connectivity index (χ4n) is 2.28. The Morgan fingerprint density at radius 3 is 2.67 bits per heavy atom. The van der Waals surface area contributed by atoms with E-state index in [9.17, 15) is 0 Å². The minimum Gasteiger partial charge on any atom is -0.264 e. The van der Waals surface area contributed by atoms with Crippen LogP contribution in [0.3, 0.4) is 0 Å². The Kier molecular flexibility index (Phi) is 4.83. The predicted molar refractivity (Wildman–Crippen MR) is 90.1 cm³/mol. The second-order valence-corrected chi connectivity index (χ2v) is 4.96. The molecule has 1 aromatic heterocycles. The van der Waals surface area contributed by atoms with Crippen molar-refractivity contribution < 1.29 is 4.57 Å². The number of rotatable bonds is 4. The van der Waals surface area contributed by atoms with Gasteiger partial charge in [-0.1, -0.05) is 30.4 Å². The standard InChI is InChI=1S/C19H21N2/c1-5-6-11-18(20-3)16-12-13-21(4)19(14-16)17-10-8-7-9-15(17)2/h5-14H,3H2,1-2,4H3/q+1/b6-5-,18-11-. The van der Waals surface area contributed by atoms with E-state index in [-0.39, 0.29) is 0 Å². The second kappa shape index (κ2) is 6.80. The van der Waals surface area contributed by atoms with E-state index in [1.165, 1.54) is 16.8 Å². The number of aryl methyl sites for hydroxylation is 2. The summed E-state index contributed by atoms with van der Waals surface area (Å²) in [7, 11) is 2.06. The molecule has 21 heavy (non-hydrogen) atoms. The van der Waals surface area contributed by atoms with Gasteiger partial charge in [-0.15, -0.1) is 0 Å². The predicted octanol–water partition coefficient (Wildman–Crippen LogP) is 4.10. The van der Waals surface area contributed by atoms with Gasteiger partial charge in [-0.25, -0.2) is 4.57 Å². The number of allylic oxidation sites excluding steroid dienone is 3. The summed E-state index contributed by atoms with van der Waals surface area (Å²) in [4.78, 5) is 4.13. The summed E-state index contributed by atoms with van der Waals surface area (Å²) >= 11 is 0. The summed E-state index contributed by atoms with van der Waals surface area (Å²) in [5, 5.41) is 0. The van der Waals surface area contributed by atoms with Crippen LogP contribution in [-0.4, -0.2) is 6.72 Å². The van der Waals surface area contributed by atoms with Crippen LogP contribution in [0.15, 0.2) is 65.8 Å². The van der Waals surface area contributed by atoms with E-state index in [2.05, 4.69) is 72.8 Å². The molecule has 0 unspecified atom stereocenters. The molecule has 2 heteroatoms. The smallest absolute Gasteiger partial charge is 0.213 e. The van der Waals surface area contributed by atoms with Crippen molar-refractivity contribution in [1.82, 2.24) is 0 Å². The molecular formula is C19H21N2+. The van der Waals surface area contributed by atoms with Crippen LogP contribution >= 0.6 is 0 Å². The highest BCUT2D eigenvalue weighted by molar-refractivity contribution is 5.72. The highest BCUT2D eigenvalue weighted by atomic mass is 14.9. The summed E-state index contributed by atoms with van der Waals surface area (Å²) in [5.41, 5.74) is 5.61. The molecule has 0 aliphatic carbocycles. The maximum absolute atomic E-state index is 4.13. The molecule has 2 nitrogen and oxygen atoms in total. The van der Waals surface area contributed by atoms with Gasteiger partial charge in [0.2, 0.25) is 5.69 Å². The van der Waals surface area contributed by atoms with Crippen molar-refractivity contribution in [2.75, 3.05) is 0 Å². The van der Waals surface area contributed by atoms with E-state index < -0.39 is 0 Å². The van der Waals surface area contributed by atoms with Crippen LogP contribution in [0.5, 0.6) is 0 Å². The molecule has 2 rings (SSSR count). The van der Waals surface area contributed by atoms with E-state index in [1.807, 2.05) is 25.2 Å². The van der Waals surface area contributed by atoms with Crippen LogP contribution in [0.1, 0.15) is 18.1 Å². The molecule has 0 radical (unpaired) electrons. The molecule has 0 N–H and O–H groups in total. The van der Waals surface area contributed by atoms with E-state index >= 15 is 0 Å². The number of aromatic nitrogens is 1. The van der Waals surface area contributed by atoms with Gasteiger partial charge in [-0.3, -0.25) is 4.99 Å². The third kappa shape index (κ3) is 3.34. The first-order valence-corrected chi connectivity index (χ1v) is 7.03. The zero-order valence-corrected chi connectivity index (χ0v) is 12.9. The highest BCUT2D eigenvalue weighted by Crippen LogP contribution is 2.23. The Morgan fingerprint density at radius 2 is 2.00 bits per heavy atom. The van der Waals surface area contributed by atoms with Crippen LogP contribution < -0.4 is 4.57 Å². The molecule has 0 saturated carbocycles. The average molecular weight is 277 g/mol. The fourth-order valence-corrected chi connectivity index (χ4v) is 2.28. The van der Waals surface area contributed by atoms with Gasteiger partial charge in [0.15, 0.2) is 6.20 Å². The Balaban J connectivity index is 2.57. The summed E-state index contributed by atoms with van der Waals surface area (Å²) in [6.45, 7) is 7.79. The number of benzene rings is 1. The molecule has 0 spiro atoms. The maximum Gasteiger partial charge on any atom is 0.213 e. The first kappa shape index (κ1) is 14.9.